The summed E-state index contributed by atoms with van der Waals surface area (Å²) in [5, 5.41) is 3.40. The summed E-state index contributed by atoms with van der Waals surface area (Å²) in [6.45, 7) is 8.30. The zero-order valence-corrected chi connectivity index (χ0v) is 13.0. The molecule has 1 saturated carbocycles. The molecule has 0 bridgehead atoms. The van der Waals surface area contributed by atoms with Crippen LogP contribution in [-0.2, 0) is 6.42 Å². The second-order valence-corrected chi connectivity index (χ2v) is 7.12. The van der Waals surface area contributed by atoms with Crippen LogP contribution in [0.5, 0.6) is 0 Å². The molecular formula is C18H29N. The van der Waals surface area contributed by atoms with Gasteiger partial charge in [-0.2, -0.15) is 0 Å². The van der Waals surface area contributed by atoms with Crippen molar-refractivity contribution in [2.45, 2.75) is 46.5 Å². The number of hydrogen-bond donors (Lipinski definition) is 1. The summed E-state index contributed by atoms with van der Waals surface area (Å²) < 4.78 is 0. The van der Waals surface area contributed by atoms with E-state index < -0.39 is 0 Å². The first-order valence-electron chi connectivity index (χ1n) is 7.71. The van der Waals surface area contributed by atoms with Crippen LogP contribution >= 0.6 is 0 Å². The van der Waals surface area contributed by atoms with Gasteiger partial charge in [-0.05, 0) is 74.6 Å². The van der Waals surface area contributed by atoms with Crippen molar-refractivity contribution in [2.75, 3.05) is 13.6 Å². The van der Waals surface area contributed by atoms with Crippen molar-refractivity contribution in [3.8, 4) is 0 Å². The molecule has 1 aromatic rings. The van der Waals surface area contributed by atoms with Crippen LogP contribution in [0, 0.1) is 24.2 Å². The van der Waals surface area contributed by atoms with Crippen LogP contribution in [0.2, 0.25) is 0 Å². The Balaban J connectivity index is 2.11. The molecule has 1 fully saturated rings. The number of hydrogen-bond acceptors (Lipinski definition) is 1. The highest BCUT2D eigenvalue weighted by Gasteiger charge is 2.34. The van der Waals surface area contributed by atoms with Crippen LogP contribution in [0.4, 0.5) is 0 Å². The normalized spacial score (nSPS) is 26.3. The monoisotopic (exact) mass is 259 g/mol. The van der Waals surface area contributed by atoms with Crippen molar-refractivity contribution < 1.29 is 0 Å². The van der Waals surface area contributed by atoms with Crippen molar-refractivity contribution in [1.29, 1.82) is 0 Å². The van der Waals surface area contributed by atoms with E-state index in [2.05, 4.69) is 57.4 Å². The Morgan fingerprint density at radius 1 is 1.21 bits per heavy atom. The Morgan fingerprint density at radius 3 is 2.63 bits per heavy atom. The van der Waals surface area contributed by atoms with Gasteiger partial charge in [0.25, 0.3) is 0 Å². The van der Waals surface area contributed by atoms with Gasteiger partial charge in [0.2, 0.25) is 0 Å². The van der Waals surface area contributed by atoms with Gasteiger partial charge in [-0.25, -0.2) is 0 Å². The number of rotatable bonds is 4. The summed E-state index contributed by atoms with van der Waals surface area (Å²) in [6.07, 6.45) is 5.38. The molecule has 1 nitrogen and oxygen atoms in total. The summed E-state index contributed by atoms with van der Waals surface area (Å²) in [5.74, 6) is 1.68. The molecule has 19 heavy (non-hydrogen) atoms. The summed E-state index contributed by atoms with van der Waals surface area (Å²) in [6, 6.07) is 8.89. The molecule has 1 aliphatic rings. The maximum absolute atomic E-state index is 3.40. The van der Waals surface area contributed by atoms with Crippen molar-refractivity contribution in [3.63, 3.8) is 0 Å². The summed E-state index contributed by atoms with van der Waals surface area (Å²) in [5.41, 5.74) is 3.53. The second kappa shape index (κ2) is 6.09. The fourth-order valence-electron chi connectivity index (χ4n) is 3.68. The van der Waals surface area contributed by atoms with Crippen LogP contribution in [0.1, 0.15) is 44.2 Å². The van der Waals surface area contributed by atoms with Crippen molar-refractivity contribution in [3.05, 3.63) is 35.4 Å². The molecule has 1 N–H and O–H groups in total. The van der Waals surface area contributed by atoms with E-state index in [-0.39, 0.29) is 0 Å². The minimum absolute atomic E-state index is 0.525. The van der Waals surface area contributed by atoms with Crippen LogP contribution in [0.25, 0.3) is 0 Å². The maximum atomic E-state index is 3.40. The minimum Gasteiger partial charge on any atom is -0.319 e. The lowest BCUT2D eigenvalue weighted by Gasteiger charge is -2.41. The topological polar surface area (TPSA) is 12.0 Å². The van der Waals surface area contributed by atoms with Crippen molar-refractivity contribution in [2.24, 2.45) is 17.3 Å². The highest BCUT2D eigenvalue weighted by atomic mass is 14.8. The molecule has 1 aromatic carbocycles. The third kappa shape index (κ3) is 3.82. The van der Waals surface area contributed by atoms with Crippen LogP contribution in [0.3, 0.4) is 0 Å². The van der Waals surface area contributed by atoms with Gasteiger partial charge in [0.15, 0.2) is 0 Å². The van der Waals surface area contributed by atoms with Gasteiger partial charge in [0, 0.05) is 0 Å². The summed E-state index contributed by atoms with van der Waals surface area (Å²) >= 11 is 0. The first kappa shape index (κ1) is 14.6. The predicted octanol–water partition coefficient (Wildman–Crippen LogP) is 4.20. The highest BCUT2D eigenvalue weighted by molar-refractivity contribution is 5.26. The lowest BCUT2D eigenvalue weighted by molar-refractivity contribution is 0.117. The Bertz CT molecular complexity index is 408. The van der Waals surface area contributed by atoms with E-state index in [1.54, 1.807) is 5.56 Å². The fraction of sp³-hybridized carbons (Fsp3) is 0.667. The SMILES string of the molecule is CNCC1CCC(C)(C)CC1Cc1ccccc1C. The van der Waals surface area contributed by atoms with Gasteiger partial charge < -0.3 is 5.32 Å². The molecule has 1 aliphatic carbocycles. The minimum atomic E-state index is 0.525. The standard InChI is InChI=1S/C18H29N/c1-14-7-5-6-8-15(14)11-17-12-18(2,3)10-9-16(17)13-19-4/h5-8,16-17,19H,9-13H2,1-4H3. The van der Waals surface area contributed by atoms with Crippen LogP contribution in [-0.4, -0.2) is 13.6 Å². The molecule has 0 spiro atoms. The Labute approximate surface area is 118 Å². The molecule has 1 heteroatoms. The van der Waals surface area contributed by atoms with E-state index in [9.17, 15) is 0 Å². The van der Waals surface area contributed by atoms with E-state index in [1.165, 1.54) is 37.8 Å². The summed E-state index contributed by atoms with van der Waals surface area (Å²) in [4.78, 5) is 0. The average molecular weight is 259 g/mol. The Kier molecular flexibility index (Phi) is 4.67. The molecule has 0 aromatic heterocycles. The van der Waals surface area contributed by atoms with Gasteiger partial charge >= 0.3 is 0 Å². The third-order valence-corrected chi connectivity index (χ3v) is 4.88. The molecule has 0 saturated heterocycles. The zero-order valence-electron chi connectivity index (χ0n) is 13.0. The van der Waals surface area contributed by atoms with E-state index in [0.29, 0.717) is 5.41 Å². The fourth-order valence-corrected chi connectivity index (χ4v) is 3.68. The molecule has 2 unspecified atom stereocenters. The van der Waals surface area contributed by atoms with Gasteiger partial charge in [-0.15, -0.1) is 0 Å². The van der Waals surface area contributed by atoms with E-state index in [1.807, 2.05) is 0 Å². The Hall–Kier alpha value is -0.820. The van der Waals surface area contributed by atoms with E-state index in [4.69, 9.17) is 0 Å². The van der Waals surface area contributed by atoms with Gasteiger partial charge in [-0.1, -0.05) is 38.1 Å². The highest BCUT2D eigenvalue weighted by Crippen LogP contribution is 2.43. The first-order chi connectivity index (χ1) is 9.02. The Morgan fingerprint density at radius 2 is 1.95 bits per heavy atom. The van der Waals surface area contributed by atoms with Gasteiger partial charge in [0.1, 0.15) is 0 Å². The molecule has 0 heterocycles. The van der Waals surface area contributed by atoms with Crippen LogP contribution < -0.4 is 5.32 Å². The number of nitrogens with one attached hydrogen (secondary N) is 1. The molecule has 0 aliphatic heterocycles. The lowest BCUT2D eigenvalue weighted by Crippen LogP contribution is -2.36. The predicted molar refractivity (Wildman–Crippen MR) is 83.4 cm³/mol. The smallest absolute Gasteiger partial charge is 0.00207 e. The average Bonchev–Trinajstić information content (AvgIpc) is 2.35. The molecule has 106 valence electrons. The summed E-state index contributed by atoms with van der Waals surface area (Å²) in [7, 11) is 2.09. The first-order valence-corrected chi connectivity index (χ1v) is 7.71. The third-order valence-electron chi connectivity index (χ3n) is 4.88. The second-order valence-electron chi connectivity index (χ2n) is 7.12. The molecule has 0 radical (unpaired) electrons. The van der Waals surface area contributed by atoms with Crippen molar-refractivity contribution >= 4 is 0 Å². The van der Waals surface area contributed by atoms with E-state index >= 15 is 0 Å². The number of benzene rings is 1. The molecule has 0 amide bonds. The largest absolute Gasteiger partial charge is 0.319 e. The molecule has 2 atom stereocenters. The maximum Gasteiger partial charge on any atom is -0.00207 e. The van der Waals surface area contributed by atoms with E-state index in [0.717, 1.165) is 11.8 Å². The quantitative estimate of drug-likeness (QED) is 0.854. The number of aryl methyl sites for hydroxylation is 1. The van der Waals surface area contributed by atoms with Gasteiger partial charge in [0.05, 0.1) is 0 Å². The lowest BCUT2D eigenvalue weighted by atomic mass is 9.65. The van der Waals surface area contributed by atoms with Gasteiger partial charge in [-0.3, -0.25) is 0 Å². The van der Waals surface area contributed by atoms with Crippen molar-refractivity contribution in [1.82, 2.24) is 5.32 Å². The van der Waals surface area contributed by atoms with Crippen LogP contribution in [0.15, 0.2) is 24.3 Å². The molecular weight excluding hydrogens is 230 g/mol. The zero-order chi connectivity index (χ0) is 13.9. The molecule has 2 rings (SSSR count).